The molecule has 1 aliphatic carbocycles. The number of fused-ring (bicyclic) bond motifs is 1. The van der Waals surface area contributed by atoms with Crippen LogP contribution in [0.1, 0.15) is 54.0 Å². The molecule has 5 heteroatoms. The van der Waals surface area contributed by atoms with Crippen LogP contribution in [0.5, 0.6) is 0 Å². The topological polar surface area (TPSA) is 68.4 Å². The molecule has 0 unspecified atom stereocenters. The minimum Gasteiger partial charge on any atom is -0.466 e. The van der Waals surface area contributed by atoms with E-state index in [0.717, 1.165) is 42.5 Å². The standard InChI is InChI=1S/C15H21NO4/c1-3-19-13(17)9-11-10-7-5-6-8-12(10)16-14(11)15(18)20-4-2/h16H,3-9H2,1-2H3. The fraction of sp³-hybridized carbons (Fsp3) is 0.600. The van der Waals surface area contributed by atoms with Crippen LogP contribution in [0.2, 0.25) is 0 Å². The molecule has 0 bridgehead atoms. The Kier molecular flexibility index (Phi) is 4.82. The van der Waals surface area contributed by atoms with Crippen molar-refractivity contribution in [2.45, 2.75) is 46.0 Å². The van der Waals surface area contributed by atoms with Crippen LogP contribution >= 0.6 is 0 Å². The van der Waals surface area contributed by atoms with Gasteiger partial charge in [-0.3, -0.25) is 4.79 Å². The average Bonchev–Trinajstić information content (AvgIpc) is 2.78. The van der Waals surface area contributed by atoms with Gasteiger partial charge in [0.2, 0.25) is 0 Å². The molecule has 110 valence electrons. The van der Waals surface area contributed by atoms with Crippen molar-refractivity contribution in [2.24, 2.45) is 0 Å². The molecule has 0 aliphatic heterocycles. The lowest BCUT2D eigenvalue weighted by Crippen LogP contribution is -2.14. The molecule has 1 aliphatic rings. The molecule has 5 nitrogen and oxygen atoms in total. The quantitative estimate of drug-likeness (QED) is 0.839. The summed E-state index contributed by atoms with van der Waals surface area (Å²) < 4.78 is 10.1. The van der Waals surface area contributed by atoms with E-state index >= 15 is 0 Å². The van der Waals surface area contributed by atoms with Gasteiger partial charge in [-0.05, 0) is 50.7 Å². The van der Waals surface area contributed by atoms with Gasteiger partial charge in [-0.1, -0.05) is 0 Å². The summed E-state index contributed by atoms with van der Waals surface area (Å²) in [4.78, 5) is 26.9. The molecule has 1 heterocycles. The highest BCUT2D eigenvalue weighted by molar-refractivity contribution is 5.91. The summed E-state index contributed by atoms with van der Waals surface area (Å²) in [6.45, 7) is 4.21. The van der Waals surface area contributed by atoms with Crippen LogP contribution in [0.4, 0.5) is 0 Å². The molecule has 0 amide bonds. The molecule has 1 N–H and O–H groups in total. The van der Waals surface area contributed by atoms with Crippen molar-refractivity contribution in [3.63, 3.8) is 0 Å². The largest absolute Gasteiger partial charge is 0.466 e. The van der Waals surface area contributed by atoms with Gasteiger partial charge in [0.25, 0.3) is 0 Å². The highest BCUT2D eigenvalue weighted by Gasteiger charge is 2.26. The highest BCUT2D eigenvalue weighted by atomic mass is 16.5. The molecule has 0 spiro atoms. The summed E-state index contributed by atoms with van der Waals surface area (Å²) in [5.41, 5.74) is 3.36. The van der Waals surface area contributed by atoms with Gasteiger partial charge < -0.3 is 14.5 Å². The smallest absolute Gasteiger partial charge is 0.355 e. The van der Waals surface area contributed by atoms with Gasteiger partial charge in [0.1, 0.15) is 5.69 Å². The number of aromatic amines is 1. The Labute approximate surface area is 118 Å². The fourth-order valence-electron chi connectivity index (χ4n) is 2.68. The maximum atomic E-state index is 12.0. The fourth-order valence-corrected chi connectivity index (χ4v) is 2.68. The van der Waals surface area contributed by atoms with Crippen molar-refractivity contribution >= 4 is 11.9 Å². The lowest BCUT2D eigenvalue weighted by Gasteiger charge is -2.12. The second kappa shape index (κ2) is 6.59. The summed E-state index contributed by atoms with van der Waals surface area (Å²) in [5.74, 6) is -0.688. The Hall–Kier alpha value is -1.78. The molecular weight excluding hydrogens is 258 g/mol. The first-order valence-corrected chi connectivity index (χ1v) is 7.22. The van der Waals surface area contributed by atoms with E-state index in [4.69, 9.17) is 9.47 Å². The number of carbonyl (C=O) groups excluding carboxylic acids is 2. The molecule has 0 saturated carbocycles. The molecule has 20 heavy (non-hydrogen) atoms. The van der Waals surface area contributed by atoms with E-state index in [1.165, 1.54) is 0 Å². The second-order valence-electron chi connectivity index (χ2n) is 4.85. The van der Waals surface area contributed by atoms with E-state index < -0.39 is 0 Å². The maximum absolute atomic E-state index is 12.0. The number of ether oxygens (including phenoxy) is 2. The van der Waals surface area contributed by atoms with Crippen molar-refractivity contribution in [1.82, 2.24) is 4.98 Å². The van der Waals surface area contributed by atoms with Gasteiger partial charge >= 0.3 is 11.9 Å². The number of aryl methyl sites for hydroxylation is 1. The summed E-state index contributed by atoms with van der Waals surface area (Å²) in [7, 11) is 0. The van der Waals surface area contributed by atoms with Crippen molar-refractivity contribution in [2.75, 3.05) is 13.2 Å². The number of nitrogens with one attached hydrogen (secondary N) is 1. The number of carbonyl (C=O) groups is 2. The monoisotopic (exact) mass is 279 g/mol. The second-order valence-corrected chi connectivity index (χ2v) is 4.85. The van der Waals surface area contributed by atoms with Gasteiger partial charge in [-0.25, -0.2) is 4.79 Å². The minimum absolute atomic E-state index is 0.133. The Bertz CT molecular complexity index is 504. The molecular formula is C15H21NO4. The average molecular weight is 279 g/mol. The predicted octanol–water partition coefficient (Wildman–Crippen LogP) is 2.18. The summed E-state index contributed by atoms with van der Waals surface area (Å²) >= 11 is 0. The number of esters is 2. The highest BCUT2D eigenvalue weighted by Crippen LogP contribution is 2.28. The van der Waals surface area contributed by atoms with E-state index in [1.807, 2.05) is 0 Å². The molecule has 0 fully saturated rings. The van der Waals surface area contributed by atoms with Crippen LogP contribution in [0.3, 0.4) is 0 Å². The van der Waals surface area contributed by atoms with E-state index in [1.54, 1.807) is 13.8 Å². The summed E-state index contributed by atoms with van der Waals surface area (Å²) in [5, 5.41) is 0. The van der Waals surface area contributed by atoms with E-state index in [-0.39, 0.29) is 18.4 Å². The van der Waals surface area contributed by atoms with Crippen molar-refractivity contribution in [3.05, 3.63) is 22.5 Å². The van der Waals surface area contributed by atoms with Gasteiger partial charge in [0.15, 0.2) is 0 Å². The van der Waals surface area contributed by atoms with Gasteiger partial charge in [-0.15, -0.1) is 0 Å². The molecule has 1 aromatic heterocycles. The Balaban J connectivity index is 2.32. The normalized spacial score (nSPS) is 13.7. The molecule has 0 radical (unpaired) electrons. The number of aromatic nitrogens is 1. The number of hydrogen-bond acceptors (Lipinski definition) is 4. The zero-order valence-electron chi connectivity index (χ0n) is 12.1. The summed E-state index contributed by atoms with van der Waals surface area (Å²) in [6.07, 6.45) is 4.15. The van der Waals surface area contributed by atoms with Crippen molar-refractivity contribution in [1.29, 1.82) is 0 Å². The first-order chi connectivity index (χ1) is 9.67. The Morgan fingerprint density at radius 2 is 1.80 bits per heavy atom. The third-order valence-corrected chi connectivity index (χ3v) is 3.52. The third-order valence-electron chi connectivity index (χ3n) is 3.52. The van der Waals surface area contributed by atoms with Crippen molar-refractivity contribution in [3.8, 4) is 0 Å². The van der Waals surface area contributed by atoms with Crippen LogP contribution in [0.15, 0.2) is 0 Å². The van der Waals surface area contributed by atoms with Crippen LogP contribution in [0, 0.1) is 0 Å². The maximum Gasteiger partial charge on any atom is 0.355 e. The van der Waals surface area contributed by atoms with Crippen LogP contribution in [-0.2, 0) is 33.5 Å². The number of hydrogen-bond donors (Lipinski definition) is 1. The third kappa shape index (κ3) is 3.03. The molecule has 0 saturated heterocycles. The SMILES string of the molecule is CCOC(=O)Cc1c(C(=O)OCC)[nH]c2c1CCCC2. The minimum atomic E-state index is -0.388. The molecule has 2 rings (SSSR count). The van der Waals surface area contributed by atoms with Gasteiger partial charge in [0.05, 0.1) is 19.6 Å². The molecule has 0 atom stereocenters. The summed E-state index contributed by atoms with van der Waals surface area (Å²) in [6, 6.07) is 0. The lowest BCUT2D eigenvalue weighted by molar-refractivity contribution is -0.142. The molecule has 0 aromatic carbocycles. The van der Waals surface area contributed by atoms with Crippen molar-refractivity contribution < 1.29 is 19.1 Å². The first-order valence-electron chi connectivity index (χ1n) is 7.22. The Morgan fingerprint density at radius 1 is 1.10 bits per heavy atom. The van der Waals surface area contributed by atoms with Crippen LogP contribution in [0.25, 0.3) is 0 Å². The molecule has 1 aromatic rings. The van der Waals surface area contributed by atoms with Crippen LogP contribution in [-0.4, -0.2) is 30.1 Å². The zero-order valence-corrected chi connectivity index (χ0v) is 12.1. The Morgan fingerprint density at radius 3 is 2.50 bits per heavy atom. The number of H-pyrrole nitrogens is 1. The predicted molar refractivity (Wildman–Crippen MR) is 73.7 cm³/mol. The van der Waals surface area contributed by atoms with Crippen LogP contribution < -0.4 is 0 Å². The zero-order chi connectivity index (χ0) is 14.5. The van der Waals surface area contributed by atoms with E-state index in [0.29, 0.717) is 18.9 Å². The lowest BCUT2D eigenvalue weighted by atomic mass is 9.93. The van der Waals surface area contributed by atoms with E-state index in [9.17, 15) is 9.59 Å². The van der Waals surface area contributed by atoms with E-state index in [2.05, 4.69) is 4.98 Å². The van der Waals surface area contributed by atoms with Gasteiger partial charge in [0, 0.05) is 5.69 Å². The number of rotatable bonds is 5. The van der Waals surface area contributed by atoms with Gasteiger partial charge in [-0.2, -0.15) is 0 Å². The first kappa shape index (κ1) is 14.6.